The number of benzene rings is 2. The zero-order valence-electron chi connectivity index (χ0n) is 15.0. The van der Waals surface area contributed by atoms with E-state index >= 15 is 0 Å². The van der Waals surface area contributed by atoms with Crippen LogP contribution in [0.4, 0.5) is 0 Å². The lowest BCUT2D eigenvalue weighted by atomic mass is 10.0. The van der Waals surface area contributed by atoms with Crippen LogP contribution in [0, 0.1) is 0 Å². The zero-order chi connectivity index (χ0) is 17.8. The summed E-state index contributed by atoms with van der Waals surface area (Å²) in [6.45, 7) is 2.89. The highest BCUT2D eigenvalue weighted by atomic mass is 16.5. The van der Waals surface area contributed by atoms with Gasteiger partial charge < -0.3 is 9.30 Å². The van der Waals surface area contributed by atoms with Crippen molar-refractivity contribution in [1.82, 2.24) is 9.47 Å². The molecule has 0 saturated heterocycles. The molecule has 4 heteroatoms. The summed E-state index contributed by atoms with van der Waals surface area (Å²) in [6.07, 6.45) is 2.04. The van der Waals surface area contributed by atoms with Gasteiger partial charge in [-0.2, -0.15) is 0 Å². The predicted molar refractivity (Wildman–Crippen MR) is 100 cm³/mol. The van der Waals surface area contributed by atoms with Crippen LogP contribution in [0.15, 0.2) is 60.8 Å². The smallest absolute Gasteiger partial charge is 0.328 e. The number of hydrogen-bond donors (Lipinski definition) is 0. The van der Waals surface area contributed by atoms with E-state index in [1.165, 1.54) is 5.56 Å². The van der Waals surface area contributed by atoms with E-state index in [2.05, 4.69) is 33.7 Å². The summed E-state index contributed by atoms with van der Waals surface area (Å²) in [5, 5.41) is 1.09. The Balaban J connectivity index is 2.00. The van der Waals surface area contributed by atoms with Crippen molar-refractivity contribution in [3.05, 3.63) is 71.9 Å². The summed E-state index contributed by atoms with van der Waals surface area (Å²) in [4.78, 5) is 14.8. The summed E-state index contributed by atoms with van der Waals surface area (Å²) < 4.78 is 7.45. The molecule has 1 atom stereocenters. The van der Waals surface area contributed by atoms with Crippen LogP contribution in [-0.2, 0) is 23.1 Å². The molecule has 0 amide bonds. The number of hydrogen-bond acceptors (Lipinski definition) is 3. The van der Waals surface area contributed by atoms with Gasteiger partial charge in [-0.05, 0) is 25.6 Å². The molecule has 4 nitrogen and oxygen atoms in total. The molecule has 25 heavy (non-hydrogen) atoms. The summed E-state index contributed by atoms with van der Waals surface area (Å²) >= 11 is 0. The molecule has 1 aromatic heterocycles. The van der Waals surface area contributed by atoms with Crippen molar-refractivity contribution in [2.24, 2.45) is 7.05 Å². The average molecular weight is 336 g/mol. The Labute approximate surface area is 148 Å². The Kier molecular flexibility index (Phi) is 5.19. The molecule has 2 aromatic carbocycles. The number of aromatic nitrogens is 1. The Hall–Kier alpha value is -2.59. The Bertz CT molecular complexity index is 855. The minimum atomic E-state index is -0.439. The first-order valence-corrected chi connectivity index (χ1v) is 8.56. The van der Waals surface area contributed by atoms with E-state index in [-0.39, 0.29) is 5.97 Å². The molecule has 0 aliphatic carbocycles. The third kappa shape index (κ3) is 3.59. The van der Waals surface area contributed by atoms with Gasteiger partial charge in [0.2, 0.25) is 0 Å². The van der Waals surface area contributed by atoms with Gasteiger partial charge in [0.25, 0.3) is 0 Å². The highest BCUT2D eigenvalue weighted by molar-refractivity contribution is 5.90. The maximum Gasteiger partial charge on any atom is 0.328 e. The summed E-state index contributed by atoms with van der Waals surface area (Å²) in [6, 6.07) is 17.9. The second-order valence-corrected chi connectivity index (χ2v) is 6.27. The number of likely N-dealkylation sites (N-methyl/N-ethyl adjacent to an activating group) is 1. The second kappa shape index (κ2) is 7.53. The third-order valence-corrected chi connectivity index (χ3v) is 4.45. The number of fused-ring (bicyclic) bond motifs is 1. The number of esters is 1. The van der Waals surface area contributed by atoms with Crippen molar-refractivity contribution < 1.29 is 9.53 Å². The number of carbonyl (C=O) groups is 1. The van der Waals surface area contributed by atoms with Gasteiger partial charge >= 0.3 is 5.97 Å². The predicted octanol–water partition coefficient (Wildman–Crippen LogP) is 3.91. The third-order valence-electron chi connectivity index (χ3n) is 4.45. The minimum Gasteiger partial charge on any atom is -0.465 e. The van der Waals surface area contributed by atoms with E-state index in [1.54, 1.807) is 0 Å². The van der Waals surface area contributed by atoms with Crippen LogP contribution in [-0.4, -0.2) is 29.1 Å². The number of nitrogens with zero attached hydrogens (tertiary/aromatic N) is 2. The topological polar surface area (TPSA) is 34.5 Å². The summed E-state index contributed by atoms with van der Waals surface area (Å²) in [7, 11) is 3.97. The van der Waals surface area contributed by atoms with E-state index < -0.39 is 6.04 Å². The molecule has 0 saturated carbocycles. The number of ether oxygens (including phenoxy) is 1. The van der Waals surface area contributed by atoms with Gasteiger partial charge in [0.1, 0.15) is 6.04 Å². The largest absolute Gasteiger partial charge is 0.465 e. The van der Waals surface area contributed by atoms with Crippen LogP contribution >= 0.6 is 0 Å². The monoisotopic (exact) mass is 336 g/mol. The van der Waals surface area contributed by atoms with Gasteiger partial charge in [-0.15, -0.1) is 0 Å². The first kappa shape index (κ1) is 17.2. The van der Waals surface area contributed by atoms with Gasteiger partial charge in [-0.25, -0.2) is 4.79 Å². The van der Waals surface area contributed by atoms with Crippen LogP contribution in [0.1, 0.15) is 24.1 Å². The molecule has 3 rings (SSSR count). The Morgan fingerprint density at radius 1 is 1.12 bits per heavy atom. The van der Waals surface area contributed by atoms with Gasteiger partial charge in [-0.3, -0.25) is 4.90 Å². The highest BCUT2D eigenvalue weighted by Gasteiger charge is 2.29. The fraction of sp³-hybridized carbons (Fsp3) is 0.286. The normalized spacial score (nSPS) is 12.5. The molecule has 0 aliphatic rings. The average Bonchev–Trinajstić information content (AvgIpc) is 2.93. The fourth-order valence-electron chi connectivity index (χ4n) is 3.32. The van der Waals surface area contributed by atoms with E-state index in [9.17, 15) is 4.79 Å². The fourth-order valence-corrected chi connectivity index (χ4v) is 3.32. The van der Waals surface area contributed by atoms with Crippen molar-refractivity contribution in [3.8, 4) is 0 Å². The SMILES string of the molecule is CCOC(=O)C(c1cn(C)c2ccccc12)N(C)Cc1ccccc1. The maximum absolute atomic E-state index is 12.8. The molecule has 0 bridgehead atoms. The first-order valence-electron chi connectivity index (χ1n) is 8.56. The van der Waals surface area contributed by atoms with Crippen molar-refractivity contribution >= 4 is 16.9 Å². The summed E-state index contributed by atoms with van der Waals surface area (Å²) in [5.74, 6) is -0.211. The van der Waals surface area contributed by atoms with Crippen molar-refractivity contribution in [3.63, 3.8) is 0 Å². The van der Waals surface area contributed by atoms with Crippen molar-refractivity contribution in [1.29, 1.82) is 0 Å². The van der Waals surface area contributed by atoms with Crippen LogP contribution in [0.25, 0.3) is 10.9 Å². The summed E-state index contributed by atoms with van der Waals surface area (Å²) in [5.41, 5.74) is 3.26. The molecule has 1 unspecified atom stereocenters. The molecule has 1 heterocycles. The second-order valence-electron chi connectivity index (χ2n) is 6.27. The molecular weight excluding hydrogens is 312 g/mol. The van der Waals surface area contributed by atoms with E-state index in [4.69, 9.17) is 4.74 Å². The number of rotatable bonds is 6. The standard InChI is InChI=1S/C21H24N2O2/c1-4-25-21(24)20(23(3)14-16-10-6-5-7-11-16)18-15-22(2)19-13-9-8-12-17(18)19/h5-13,15,20H,4,14H2,1-3H3. The van der Waals surface area contributed by atoms with Crippen molar-refractivity contribution in [2.45, 2.75) is 19.5 Å². The van der Waals surface area contributed by atoms with Gasteiger partial charge in [-0.1, -0.05) is 48.5 Å². The van der Waals surface area contributed by atoms with Crippen molar-refractivity contribution in [2.75, 3.05) is 13.7 Å². The van der Waals surface area contributed by atoms with Gasteiger partial charge in [0.05, 0.1) is 6.61 Å². The molecule has 130 valence electrons. The Morgan fingerprint density at radius 3 is 2.52 bits per heavy atom. The molecule has 0 aliphatic heterocycles. The van der Waals surface area contributed by atoms with Gasteiger partial charge in [0, 0.05) is 36.3 Å². The van der Waals surface area contributed by atoms with E-state index in [0.717, 1.165) is 16.5 Å². The van der Waals surface area contributed by atoms with Crippen LogP contribution in [0.5, 0.6) is 0 Å². The van der Waals surface area contributed by atoms with E-state index in [0.29, 0.717) is 13.2 Å². The quantitative estimate of drug-likeness (QED) is 0.640. The molecule has 0 N–H and O–H groups in total. The highest BCUT2D eigenvalue weighted by Crippen LogP contribution is 2.31. The zero-order valence-corrected chi connectivity index (χ0v) is 15.0. The lowest BCUT2D eigenvalue weighted by molar-refractivity contribution is -0.149. The number of aryl methyl sites for hydroxylation is 1. The van der Waals surface area contributed by atoms with Gasteiger partial charge in [0.15, 0.2) is 0 Å². The van der Waals surface area contributed by atoms with E-state index in [1.807, 2.05) is 57.5 Å². The van der Waals surface area contributed by atoms with Crippen LogP contribution in [0.3, 0.4) is 0 Å². The van der Waals surface area contributed by atoms with Crippen LogP contribution < -0.4 is 0 Å². The lowest BCUT2D eigenvalue weighted by Crippen LogP contribution is -2.32. The number of para-hydroxylation sites is 1. The maximum atomic E-state index is 12.8. The molecular formula is C21H24N2O2. The molecule has 0 fully saturated rings. The molecule has 0 radical (unpaired) electrons. The molecule has 0 spiro atoms. The molecule has 3 aromatic rings. The van der Waals surface area contributed by atoms with Crippen LogP contribution in [0.2, 0.25) is 0 Å². The minimum absolute atomic E-state index is 0.211. The number of carbonyl (C=O) groups excluding carboxylic acids is 1. The first-order chi connectivity index (χ1) is 12.1. The lowest BCUT2D eigenvalue weighted by Gasteiger charge is -2.26. The Morgan fingerprint density at radius 2 is 1.80 bits per heavy atom.